The minimum absolute atomic E-state index is 0.156. The van der Waals surface area contributed by atoms with Crippen LogP contribution in [0.15, 0.2) is 104 Å². The Morgan fingerprint density at radius 3 is 2.61 bits per heavy atom. The van der Waals surface area contributed by atoms with Gasteiger partial charge in [0.1, 0.15) is 29.5 Å². The van der Waals surface area contributed by atoms with Crippen molar-refractivity contribution in [2.45, 2.75) is 0 Å². The van der Waals surface area contributed by atoms with Crippen molar-refractivity contribution in [1.29, 1.82) is 0 Å². The molecule has 0 unspecified atom stereocenters. The molecule has 0 fully saturated rings. The maximum absolute atomic E-state index is 12.1. The maximum Gasteiger partial charge on any atom is 0.231 e. The van der Waals surface area contributed by atoms with E-state index in [1.54, 1.807) is 30.6 Å². The maximum atomic E-state index is 12.1. The van der Waals surface area contributed by atoms with E-state index < -0.39 is 11.6 Å². The predicted molar refractivity (Wildman–Crippen MR) is 155 cm³/mol. The Labute approximate surface area is 235 Å². The van der Waals surface area contributed by atoms with Gasteiger partial charge in [0.15, 0.2) is 11.5 Å². The van der Waals surface area contributed by atoms with E-state index in [-0.39, 0.29) is 19.2 Å². The largest absolute Gasteiger partial charge is 0.456 e. The van der Waals surface area contributed by atoms with Crippen LogP contribution in [0.25, 0.3) is 17.2 Å². The number of pyridine rings is 1. The standard InChI is InChI=1S/C31H25N5O5/c1-2-25(37)26(38)11-5-21(14-20-6-12-27-28(15-20)40-19-39-27)16-34-31-29(30(32)35-18-36-31)22-7-9-23(10-8-22)41-24-4-3-13-33-17-24/h2-15,17-18H,1,16,19H2,(H3,32,34,35,36). The summed E-state index contributed by atoms with van der Waals surface area (Å²) in [5.74, 6) is 1.91. The lowest BCUT2D eigenvalue weighted by Crippen LogP contribution is -2.10. The molecule has 3 N–H and O–H groups in total. The van der Waals surface area contributed by atoms with Crippen molar-refractivity contribution in [3.8, 4) is 34.1 Å². The molecule has 4 aromatic rings. The van der Waals surface area contributed by atoms with Gasteiger partial charge in [-0.15, -0.1) is 0 Å². The van der Waals surface area contributed by atoms with E-state index in [1.807, 2.05) is 48.5 Å². The molecule has 0 saturated heterocycles. The molecule has 0 radical (unpaired) electrons. The van der Waals surface area contributed by atoms with Crippen LogP contribution in [0.2, 0.25) is 0 Å². The number of carbonyl (C=O) groups excluding carboxylic acids is 2. The summed E-state index contributed by atoms with van der Waals surface area (Å²) < 4.78 is 16.7. The van der Waals surface area contributed by atoms with Crippen molar-refractivity contribution < 1.29 is 23.8 Å². The van der Waals surface area contributed by atoms with E-state index in [4.69, 9.17) is 19.9 Å². The summed E-state index contributed by atoms with van der Waals surface area (Å²) in [7, 11) is 0. The number of benzene rings is 2. The molecule has 10 nitrogen and oxygen atoms in total. The van der Waals surface area contributed by atoms with E-state index >= 15 is 0 Å². The van der Waals surface area contributed by atoms with Gasteiger partial charge in [0, 0.05) is 12.7 Å². The summed E-state index contributed by atoms with van der Waals surface area (Å²) in [4.78, 5) is 36.5. The van der Waals surface area contributed by atoms with E-state index in [0.29, 0.717) is 40.0 Å². The van der Waals surface area contributed by atoms with Gasteiger partial charge < -0.3 is 25.3 Å². The van der Waals surface area contributed by atoms with Gasteiger partial charge >= 0.3 is 0 Å². The molecule has 204 valence electrons. The van der Waals surface area contributed by atoms with Crippen molar-refractivity contribution in [2.24, 2.45) is 0 Å². The van der Waals surface area contributed by atoms with Crippen LogP contribution < -0.4 is 25.3 Å². The van der Waals surface area contributed by atoms with E-state index in [0.717, 1.165) is 17.2 Å². The highest BCUT2D eigenvalue weighted by Crippen LogP contribution is 2.34. The van der Waals surface area contributed by atoms with E-state index in [2.05, 4.69) is 26.8 Å². The summed E-state index contributed by atoms with van der Waals surface area (Å²) in [6, 6.07) is 16.4. The molecule has 2 aromatic heterocycles. The van der Waals surface area contributed by atoms with Crippen LogP contribution in [-0.2, 0) is 9.59 Å². The first-order chi connectivity index (χ1) is 20.0. The number of nitrogens with two attached hydrogens (primary N) is 1. The second-order valence-corrected chi connectivity index (χ2v) is 8.75. The average Bonchev–Trinajstić information content (AvgIpc) is 3.47. The number of nitrogens with zero attached hydrogens (tertiary/aromatic N) is 3. The minimum atomic E-state index is -0.696. The van der Waals surface area contributed by atoms with Crippen molar-refractivity contribution in [3.63, 3.8) is 0 Å². The number of allylic oxidation sites excluding steroid dienone is 2. The molecule has 0 atom stereocenters. The molecule has 1 aliphatic rings. The van der Waals surface area contributed by atoms with Crippen molar-refractivity contribution >= 4 is 29.3 Å². The summed E-state index contributed by atoms with van der Waals surface area (Å²) in [6.07, 6.45) is 10.3. The van der Waals surface area contributed by atoms with Gasteiger partial charge in [0.25, 0.3) is 0 Å². The van der Waals surface area contributed by atoms with Crippen molar-refractivity contribution in [2.75, 3.05) is 24.4 Å². The van der Waals surface area contributed by atoms with Crippen LogP contribution in [0.5, 0.6) is 23.0 Å². The van der Waals surface area contributed by atoms with Gasteiger partial charge in [-0.1, -0.05) is 30.9 Å². The molecular weight excluding hydrogens is 522 g/mol. The molecule has 10 heteroatoms. The zero-order valence-electron chi connectivity index (χ0n) is 21.8. The number of rotatable bonds is 11. The highest BCUT2D eigenvalue weighted by atomic mass is 16.7. The summed E-state index contributed by atoms with van der Waals surface area (Å²) in [6.45, 7) is 3.76. The zero-order valence-corrected chi connectivity index (χ0v) is 21.8. The van der Waals surface area contributed by atoms with Crippen LogP contribution in [-0.4, -0.2) is 39.9 Å². The molecule has 2 aromatic carbocycles. The molecule has 3 heterocycles. The zero-order chi connectivity index (χ0) is 28.6. The number of aromatic nitrogens is 3. The Kier molecular flexibility index (Phi) is 8.11. The molecule has 5 rings (SSSR count). The fraction of sp³-hybridized carbons (Fsp3) is 0.0645. The molecule has 0 amide bonds. The lowest BCUT2D eigenvalue weighted by Gasteiger charge is -2.14. The molecule has 0 saturated carbocycles. The van der Waals surface area contributed by atoms with Crippen LogP contribution in [0.3, 0.4) is 0 Å². The van der Waals surface area contributed by atoms with Crippen LogP contribution >= 0.6 is 0 Å². The topological polar surface area (TPSA) is 139 Å². The minimum Gasteiger partial charge on any atom is -0.456 e. The molecule has 0 spiro atoms. The fourth-order valence-electron chi connectivity index (χ4n) is 3.98. The number of ketones is 2. The number of carbonyl (C=O) groups is 2. The predicted octanol–water partition coefficient (Wildman–Crippen LogP) is 5.02. The van der Waals surface area contributed by atoms with E-state index in [9.17, 15) is 9.59 Å². The summed E-state index contributed by atoms with van der Waals surface area (Å²) in [5.41, 5.74) is 9.13. The van der Waals surface area contributed by atoms with Gasteiger partial charge in [0.05, 0.1) is 11.8 Å². The Bertz CT molecular complexity index is 1650. The first-order valence-corrected chi connectivity index (χ1v) is 12.5. The number of fused-ring (bicyclic) bond motifs is 1. The highest BCUT2D eigenvalue weighted by molar-refractivity contribution is 6.45. The Morgan fingerprint density at radius 1 is 1.00 bits per heavy atom. The van der Waals surface area contributed by atoms with Crippen LogP contribution in [0, 0.1) is 0 Å². The van der Waals surface area contributed by atoms with Gasteiger partial charge in [-0.25, -0.2) is 9.97 Å². The molecule has 0 aliphatic carbocycles. The third-order valence-electron chi connectivity index (χ3n) is 5.98. The normalized spacial score (nSPS) is 12.2. The molecular formula is C31H25N5O5. The van der Waals surface area contributed by atoms with Crippen LogP contribution in [0.4, 0.5) is 11.6 Å². The van der Waals surface area contributed by atoms with Gasteiger partial charge in [-0.2, -0.15) is 0 Å². The number of hydrogen-bond acceptors (Lipinski definition) is 10. The number of nitrogens with one attached hydrogen (secondary N) is 1. The second kappa shape index (κ2) is 12.4. The average molecular weight is 548 g/mol. The summed E-state index contributed by atoms with van der Waals surface area (Å²) >= 11 is 0. The SMILES string of the molecule is C=CC(=O)C(=O)C=CC(=Cc1ccc2c(c1)OCO2)CNc1ncnc(N)c1-c1ccc(Oc2cccnc2)cc1. The van der Waals surface area contributed by atoms with Gasteiger partial charge in [-0.05, 0) is 71.3 Å². The molecule has 41 heavy (non-hydrogen) atoms. The first kappa shape index (κ1) is 26.8. The van der Waals surface area contributed by atoms with Crippen molar-refractivity contribution in [1.82, 2.24) is 15.0 Å². The smallest absolute Gasteiger partial charge is 0.231 e. The lowest BCUT2D eigenvalue weighted by molar-refractivity contribution is -0.130. The number of ether oxygens (including phenoxy) is 3. The monoisotopic (exact) mass is 547 g/mol. The number of hydrogen-bond donors (Lipinski definition) is 2. The highest BCUT2D eigenvalue weighted by Gasteiger charge is 2.15. The third kappa shape index (κ3) is 6.63. The lowest BCUT2D eigenvalue weighted by atomic mass is 10.1. The van der Waals surface area contributed by atoms with Gasteiger partial charge in [-0.3, -0.25) is 14.6 Å². The van der Waals surface area contributed by atoms with E-state index in [1.165, 1.54) is 12.4 Å². The molecule has 0 bridgehead atoms. The Hall–Kier alpha value is -5.77. The second-order valence-electron chi connectivity index (χ2n) is 8.75. The number of nitrogen functional groups attached to an aromatic ring is 1. The van der Waals surface area contributed by atoms with Gasteiger partial charge in [0.2, 0.25) is 18.4 Å². The Morgan fingerprint density at radius 2 is 1.83 bits per heavy atom. The summed E-state index contributed by atoms with van der Waals surface area (Å²) in [5, 5.41) is 3.28. The number of anilines is 2. The first-order valence-electron chi connectivity index (χ1n) is 12.5. The Balaban J connectivity index is 1.39. The third-order valence-corrected chi connectivity index (χ3v) is 5.98. The quantitative estimate of drug-likeness (QED) is 0.150. The van der Waals surface area contributed by atoms with Crippen LogP contribution in [0.1, 0.15) is 5.56 Å². The molecule has 1 aliphatic heterocycles. The fourth-order valence-corrected chi connectivity index (χ4v) is 3.98. The van der Waals surface area contributed by atoms with Crippen molar-refractivity contribution in [3.05, 3.63) is 109 Å².